The largest absolute Gasteiger partial charge is 0.462 e. The standard InChI is InChI=1S/C23H21N3O6S/c1-3-32-23(29)21-19(16-5-4-6-18(12-16)26(30)31)13-33-22(21)25-20(28)11-15-7-9-17(10-8-15)24-14(2)27/h4-10,12-13H,3,11H2,1-2H3,(H,24,27)(H,25,28). The van der Waals surface area contributed by atoms with Crippen LogP contribution in [0.4, 0.5) is 16.4 Å². The van der Waals surface area contributed by atoms with Crippen molar-refractivity contribution >= 4 is 45.5 Å². The molecule has 0 saturated carbocycles. The van der Waals surface area contributed by atoms with Crippen LogP contribution in [0, 0.1) is 10.1 Å². The van der Waals surface area contributed by atoms with Gasteiger partial charge in [0.1, 0.15) is 10.6 Å². The number of benzene rings is 2. The van der Waals surface area contributed by atoms with E-state index in [2.05, 4.69) is 10.6 Å². The van der Waals surface area contributed by atoms with Crippen molar-refractivity contribution in [2.24, 2.45) is 0 Å². The lowest BCUT2D eigenvalue weighted by Crippen LogP contribution is -2.16. The molecule has 10 heteroatoms. The third-order valence-corrected chi connectivity index (χ3v) is 5.43. The summed E-state index contributed by atoms with van der Waals surface area (Å²) in [4.78, 5) is 47.1. The monoisotopic (exact) mass is 467 g/mol. The van der Waals surface area contributed by atoms with Gasteiger partial charge in [0.15, 0.2) is 0 Å². The number of nitrogens with one attached hydrogen (secondary N) is 2. The summed E-state index contributed by atoms with van der Waals surface area (Å²) in [5.41, 5.74) is 2.29. The average Bonchev–Trinajstić information content (AvgIpc) is 3.18. The second-order valence-electron chi connectivity index (χ2n) is 6.98. The lowest BCUT2D eigenvalue weighted by atomic mass is 10.0. The molecule has 3 aromatic rings. The van der Waals surface area contributed by atoms with Gasteiger partial charge in [-0.25, -0.2) is 4.79 Å². The number of nitrogens with zero attached hydrogens (tertiary/aromatic N) is 1. The van der Waals surface area contributed by atoms with Crippen LogP contribution in [0.3, 0.4) is 0 Å². The number of rotatable bonds is 8. The van der Waals surface area contributed by atoms with Gasteiger partial charge in [-0.15, -0.1) is 11.3 Å². The van der Waals surface area contributed by atoms with E-state index < -0.39 is 10.9 Å². The van der Waals surface area contributed by atoms with Crippen molar-refractivity contribution in [2.45, 2.75) is 20.3 Å². The summed E-state index contributed by atoms with van der Waals surface area (Å²) >= 11 is 1.14. The van der Waals surface area contributed by atoms with Gasteiger partial charge in [-0.1, -0.05) is 24.3 Å². The number of non-ortho nitro benzene ring substituents is 1. The highest BCUT2D eigenvalue weighted by Gasteiger charge is 2.23. The number of carbonyl (C=O) groups is 3. The van der Waals surface area contributed by atoms with Crippen molar-refractivity contribution in [3.8, 4) is 11.1 Å². The van der Waals surface area contributed by atoms with Crippen LogP contribution in [0.15, 0.2) is 53.9 Å². The van der Waals surface area contributed by atoms with Crippen molar-refractivity contribution in [3.05, 3.63) is 75.2 Å². The second-order valence-corrected chi connectivity index (χ2v) is 7.86. The summed E-state index contributed by atoms with van der Waals surface area (Å²) in [5.74, 6) is -1.17. The summed E-state index contributed by atoms with van der Waals surface area (Å²) in [6.07, 6.45) is 0.0483. The molecule has 0 saturated heterocycles. The smallest absolute Gasteiger partial charge is 0.341 e. The van der Waals surface area contributed by atoms with E-state index in [1.165, 1.54) is 25.1 Å². The Balaban J connectivity index is 1.84. The number of nitro groups is 1. The molecule has 0 spiro atoms. The van der Waals surface area contributed by atoms with E-state index in [0.717, 1.165) is 16.9 Å². The highest BCUT2D eigenvalue weighted by Crippen LogP contribution is 2.37. The first-order chi connectivity index (χ1) is 15.8. The number of anilines is 2. The zero-order valence-electron chi connectivity index (χ0n) is 17.9. The van der Waals surface area contributed by atoms with Gasteiger partial charge >= 0.3 is 5.97 Å². The number of hydrogen-bond acceptors (Lipinski definition) is 7. The van der Waals surface area contributed by atoms with E-state index in [0.29, 0.717) is 21.8 Å². The van der Waals surface area contributed by atoms with Crippen LogP contribution in [-0.2, 0) is 20.7 Å². The van der Waals surface area contributed by atoms with Crippen LogP contribution in [0.1, 0.15) is 29.8 Å². The van der Waals surface area contributed by atoms with Gasteiger partial charge in [0, 0.05) is 35.7 Å². The summed E-state index contributed by atoms with van der Waals surface area (Å²) < 4.78 is 5.16. The van der Waals surface area contributed by atoms with E-state index >= 15 is 0 Å². The fraction of sp³-hybridized carbons (Fsp3) is 0.174. The summed E-state index contributed by atoms with van der Waals surface area (Å²) in [6, 6.07) is 12.7. The molecule has 1 aromatic heterocycles. The van der Waals surface area contributed by atoms with Crippen molar-refractivity contribution in [1.82, 2.24) is 0 Å². The SMILES string of the molecule is CCOC(=O)c1c(-c2cccc([N+](=O)[O-])c2)csc1NC(=O)Cc1ccc(NC(C)=O)cc1. The van der Waals surface area contributed by atoms with E-state index in [1.807, 2.05) is 0 Å². The van der Waals surface area contributed by atoms with Gasteiger partial charge in [-0.05, 0) is 30.2 Å². The number of thiophene rings is 1. The predicted molar refractivity (Wildman–Crippen MR) is 125 cm³/mol. The first kappa shape index (κ1) is 23.6. The van der Waals surface area contributed by atoms with Crippen LogP contribution < -0.4 is 10.6 Å². The lowest BCUT2D eigenvalue weighted by Gasteiger charge is -2.09. The number of ether oxygens (including phenoxy) is 1. The fourth-order valence-corrected chi connectivity index (χ4v) is 4.09. The van der Waals surface area contributed by atoms with Crippen molar-refractivity contribution < 1.29 is 24.0 Å². The van der Waals surface area contributed by atoms with Crippen LogP contribution in [0.25, 0.3) is 11.1 Å². The Morgan fingerprint density at radius 1 is 1.09 bits per heavy atom. The average molecular weight is 468 g/mol. The van der Waals surface area contributed by atoms with Gasteiger partial charge in [-0.3, -0.25) is 19.7 Å². The summed E-state index contributed by atoms with van der Waals surface area (Å²) in [7, 11) is 0. The maximum atomic E-state index is 12.7. The lowest BCUT2D eigenvalue weighted by molar-refractivity contribution is -0.384. The molecule has 9 nitrogen and oxygen atoms in total. The Morgan fingerprint density at radius 2 is 1.82 bits per heavy atom. The minimum Gasteiger partial charge on any atom is -0.462 e. The Bertz CT molecular complexity index is 1200. The van der Waals surface area contributed by atoms with Gasteiger partial charge in [-0.2, -0.15) is 0 Å². The molecule has 2 aromatic carbocycles. The van der Waals surface area contributed by atoms with Crippen molar-refractivity contribution in [2.75, 3.05) is 17.2 Å². The van der Waals surface area contributed by atoms with Gasteiger partial charge in [0.2, 0.25) is 11.8 Å². The highest BCUT2D eigenvalue weighted by molar-refractivity contribution is 7.15. The Morgan fingerprint density at radius 3 is 2.45 bits per heavy atom. The molecule has 0 atom stereocenters. The van der Waals surface area contributed by atoms with Gasteiger partial charge in [0.25, 0.3) is 5.69 Å². The van der Waals surface area contributed by atoms with E-state index in [1.54, 1.807) is 42.6 Å². The van der Waals surface area contributed by atoms with E-state index in [4.69, 9.17) is 4.74 Å². The zero-order valence-corrected chi connectivity index (χ0v) is 18.7. The molecule has 1 heterocycles. The second kappa shape index (κ2) is 10.5. The van der Waals surface area contributed by atoms with Crippen LogP contribution in [0.5, 0.6) is 0 Å². The van der Waals surface area contributed by atoms with Crippen molar-refractivity contribution in [3.63, 3.8) is 0 Å². The predicted octanol–water partition coefficient (Wildman–Crippen LogP) is 4.64. The minimum absolute atomic E-state index is 0.0483. The van der Waals surface area contributed by atoms with Crippen LogP contribution in [0.2, 0.25) is 0 Å². The zero-order chi connectivity index (χ0) is 24.0. The molecule has 0 fully saturated rings. The first-order valence-corrected chi connectivity index (χ1v) is 10.9. The molecule has 0 aliphatic carbocycles. The molecule has 170 valence electrons. The third-order valence-electron chi connectivity index (χ3n) is 4.53. The molecule has 33 heavy (non-hydrogen) atoms. The quantitative estimate of drug-likeness (QED) is 0.282. The number of hydrogen-bond donors (Lipinski definition) is 2. The van der Waals surface area contributed by atoms with Crippen LogP contribution in [-0.4, -0.2) is 29.3 Å². The fourth-order valence-electron chi connectivity index (χ4n) is 3.12. The molecule has 0 unspecified atom stereocenters. The molecule has 0 radical (unpaired) electrons. The molecular weight excluding hydrogens is 446 g/mol. The molecule has 0 aliphatic heterocycles. The maximum Gasteiger partial charge on any atom is 0.341 e. The summed E-state index contributed by atoms with van der Waals surface area (Å²) in [5, 5.41) is 18.5. The first-order valence-electron chi connectivity index (χ1n) is 9.98. The topological polar surface area (TPSA) is 128 Å². The molecular formula is C23H21N3O6S. The third kappa shape index (κ3) is 6.01. The normalized spacial score (nSPS) is 10.4. The van der Waals surface area contributed by atoms with Gasteiger partial charge < -0.3 is 15.4 Å². The van der Waals surface area contributed by atoms with Crippen LogP contribution >= 0.6 is 11.3 Å². The molecule has 0 aliphatic rings. The minimum atomic E-state index is -0.629. The number of amides is 2. The van der Waals surface area contributed by atoms with Crippen molar-refractivity contribution in [1.29, 1.82) is 0 Å². The number of nitro benzene ring substituents is 1. The Labute approximate surface area is 193 Å². The highest BCUT2D eigenvalue weighted by atomic mass is 32.1. The summed E-state index contributed by atoms with van der Waals surface area (Å²) in [6.45, 7) is 3.21. The molecule has 0 bridgehead atoms. The molecule has 3 rings (SSSR count). The Kier molecular flexibility index (Phi) is 7.52. The molecule has 2 N–H and O–H groups in total. The van der Waals surface area contributed by atoms with E-state index in [9.17, 15) is 24.5 Å². The van der Waals surface area contributed by atoms with Gasteiger partial charge in [0.05, 0.1) is 18.0 Å². The molecule has 2 amide bonds. The number of esters is 1. The Hall–Kier alpha value is -4.05. The maximum absolute atomic E-state index is 12.7. The number of carbonyl (C=O) groups excluding carboxylic acids is 3. The van der Waals surface area contributed by atoms with E-state index in [-0.39, 0.29) is 36.1 Å².